The molecule has 0 saturated carbocycles. The highest BCUT2D eigenvalue weighted by Crippen LogP contribution is 2.27. The first kappa shape index (κ1) is 18.2. The van der Waals surface area contributed by atoms with Gasteiger partial charge in [-0.3, -0.25) is 4.79 Å². The van der Waals surface area contributed by atoms with Crippen LogP contribution in [0.3, 0.4) is 0 Å². The van der Waals surface area contributed by atoms with Crippen LogP contribution in [0, 0.1) is 13.8 Å². The number of phenols is 1. The van der Waals surface area contributed by atoms with E-state index in [-0.39, 0.29) is 18.3 Å². The average molecular weight is 389 g/mol. The van der Waals surface area contributed by atoms with E-state index in [0.29, 0.717) is 32.0 Å². The molecule has 0 saturated heterocycles. The number of phenolic OH excluding ortho intramolecular Hbond substituents is 1. The summed E-state index contributed by atoms with van der Waals surface area (Å²) in [5.41, 5.74) is 1.90. The molecule has 0 aliphatic carbocycles. The molecule has 5 nitrogen and oxygen atoms in total. The monoisotopic (exact) mass is 388 g/mol. The van der Waals surface area contributed by atoms with E-state index in [1.54, 1.807) is 43.3 Å². The molecule has 7 heteroatoms. The number of benzene rings is 2. The van der Waals surface area contributed by atoms with E-state index in [1.807, 2.05) is 13.0 Å². The third-order valence-electron chi connectivity index (χ3n) is 3.62. The van der Waals surface area contributed by atoms with Crippen LogP contribution in [0.5, 0.6) is 11.5 Å². The Morgan fingerprint density at radius 1 is 1.23 bits per heavy atom. The normalized spacial score (nSPS) is 10.6. The first-order chi connectivity index (χ1) is 12.4. The van der Waals surface area contributed by atoms with Crippen LogP contribution in [0.1, 0.15) is 25.9 Å². The molecule has 0 bridgehead atoms. The number of aromatic nitrogens is 1. The molecular formula is C19H17ClN2O3S. The predicted octanol–water partition coefficient (Wildman–Crippen LogP) is 4.95. The minimum atomic E-state index is -0.308. The summed E-state index contributed by atoms with van der Waals surface area (Å²) in [5, 5.41) is 14.0. The van der Waals surface area contributed by atoms with Crippen LogP contribution in [0.25, 0.3) is 0 Å². The van der Waals surface area contributed by atoms with Crippen LogP contribution in [-0.2, 0) is 6.61 Å². The maximum Gasteiger partial charge on any atom is 0.267 e. The number of thiazole rings is 1. The number of hydrogen-bond acceptors (Lipinski definition) is 5. The Bertz CT molecular complexity index is 938. The van der Waals surface area contributed by atoms with Gasteiger partial charge in [-0.15, -0.1) is 11.3 Å². The molecule has 0 aliphatic rings. The Labute approximate surface area is 160 Å². The predicted molar refractivity (Wildman–Crippen MR) is 103 cm³/mol. The van der Waals surface area contributed by atoms with Crippen molar-refractivity contribution in [3.8, 4) is 11.5 Å². The Morgan fingerprint density at radius 2 is 1.96 bits per heavy atom. The summed E-state index contributed by atoms with van der Waals surface area (Å²) in [5.74, 6) is 0.404. The number of aromatic hydroxyl groups is 1. The molecule has 26 heavy (non-hydrogen) atoms. The van der Waals surface area contributed by atoms with Gasteiger partial charge in [0.05, 0.1) is 11.4 Å². The fraction of sp³-hybridized carbons (Fsp3) is 0.158. The number of ether oxygens (including phenoxy) is 1. The van der Waals surface area contributed by atoms with Crippen LogP contribution in [0.15, 0.2) is 42.5 Å². The van der Waals surface area contributed by atoms with Gasteiger partial charge in [0, 0.05) is 5.02 Å². The molecule has 0 unspecified atom stereocenters. The number of carbonyl (C=O) groups excluding carboxylic acids is 1. The van der Waals surface area contributed by atoms with E-state index in [9.17, 15) is 9.90 Å². The molecule has 0 fully saturated rings. The molecule has 1 heterocycles. The van der Waals surface area contributed by atoms with Crippen molar-refractivity contribution >= 4 is 34.5 Å². The summed E-state index contributed by atoms with van der Waals surface area (Å²) in [6.45, 7) is 3.90. The van der Waals surface area contributed by atoms with Crippen molar-refractivity contribution in [1.29, 1.82) is 0 Å². The molecule has 1 aromatic heterocycles. The lowest BCUT2D eigenvalue weighted by molar-refractivity contribution is 0.102. The molecule has 3 aromatic rings. The van der Waals surface area contributed by atoms with Gasteiger partial charge >= 0.3 is 0 Å². The Balaban J connectivity index is 1.68. The zero-order valence-electron chi connectivity index (χ0n) is 14.2. The number of nitrogens with zero attached hydrogens (tertiary/aromatic N) is 1. The minimum absolute atomic E-state index is 0.0341. The Morgan fingerprint density at radius 3 is 2.65 bits per heavy atom. The number of hydrogen-bond donors (Lipinski definition) is 2. The fourth-order valence-electron chi connectivity index (χ4n) is 2.33. The summed E-state index contributed by atoms with van der Waals surface area (Å²) >= 11 is 7.11. The maximum absolute atomic E-state index is 12.5. The number of rotatable bonds is 5. The highest BCUT2D eigenvalue weighted by atomic mass is 35.5. The maximum atomic E-state index is 12.5. The summed E-state index contributed by atoms with van der Waals surface area (Å²) in [4.78, 5) is 17.4. The van der Waals surface area contributed by atoms with Crippen molar-refractivity contribution in [2.24, 2.45) is 0 Å². The van der Waals surface area contributed by atoms with Crippen LogP contribution < -0.4 is 10.1 Å². The van der Waals surface area contributed by atoms with Crippen molar-refractivity contribution in [2.75, 3.05) is 5.32 Å². The zero-order valence-corrected chi connectivity index (χ0v) is 15.8. The summed E-state index contributed by atoms with van der Waals surface area (Å²) in [6, 6.07) is 12.1. The zero-order chi connectivity index (χ0) is 18.7. The van der Waals surface area contributed by atoms with Gasteiger partial charge in [-0.25, -0.2) is 4.98 Å². The van der Waals surface area contributed by atoms with Crippen LogP contribution >= 0.6 is 22.9 Å². The third-order valence-corrected chi connectivity index (χ3v) is 5.01. The fourth-order valence-corrected chi connectivity index (χ4v) is 3.33. The van der Waals surface area contributed by atoms with E-state index in [1.165, 1.54) is 11.3 Å². The van der Waals surface area contributed by atoms with Gasteiger partial charge in [-0.2, -0.15) is 0 Å². The molecule has 134 valence electrons. The molecule has 0 spiro atoms. The van der Waals surface area contributed by atoms with Crippen molar-refractivity contribution < 1.29 is 14.6 Å². The van der Waals surface area contributed by atoms with E-state index in [0.717, 1.165) is 5.56 Å². The van der Waals surface area contributed by atoms with Gasteiger partial charge in [-0.1, -0.05) is 17.7 Å². The van der Waals surface area contributed by atoms with Crippen molar-refractivity contribution in [3.63, 3.8) is 0 Å². The van der Waals surface area contributed by atoms with Gasteiger partial charge < -0.3 is 15.2 Å². The minimum Gasteiger partial charge on any atom is -0.506 e. The molecule has 0 radical (unpaired) electrons. The number of halogens is 1. The van der Waals surface area contributed by atoms with Crippen molar-refractivity contribution in [2.45, 2.75) is 20.5 Å². The van der Waals surface area contributed by atoms with Gasteiger partial charge in [0.15, 0.2) is 0 Å². The van der Waals surface area contributed by atoms with Gasteiger partial charge in [0.1, 0.15) is 28.0 Å². The molecule has 1 amide bonds. The first-order valence-corrected chi connectivity index (χ1v) is 9.07. The van der Waals surface area contributed by atoms with Gasteiger partial charge in [0.2, 0.25) is 0 Å². The number of carbonyl (C=O) groups is 1. The highest BCUT2D eigenvalue weighted by Gasteiger charge is 2.17. The van der Waals surface area contributed by atoms with Gasteiger partial charge in [-0.05, 0) is 55.8 Å². The second-order valence-electron chi connectivity index (χ2n) is 5.74. The number of nitrogens with one attached hydrogen (secondary N) is 1. The topological polar surface area (TPSA) is 71.5 Å². The van der Waals surface area contributed by atoms with E-state index < -0.39 is 0 Å². The SMILES string of the molecule is Cc1ccc(NC(=O)c2sc(COc3ccc(Cl)cc3)nc2C)c(O)c1. The standard InChI is InChI=1S/C19H17ClN2O3S/c1-11-3-8-15(16(23)9-11)22-19(24)18-12(2)21-17(26-18)10-25-14-6-4-13(20)5-7-14/h3-9,23H,10H2,1-2H3,(H,22,24). The third kappa shape index (κ3) is 4.33. The summed E-state index contributed by atoms with van der Waals surface area (Å²) in [6.07, 6.45) is 0. The second-order valence-corrected chi connectivity index (χ2v) is 7.26. The molecule has 2 N–H and O–H groups in total. The van der Waals surface area contributed by atoms with Crippen LogP contribution in [0.2, 0.25) is 5.02 Å². The lowest BCUT2D eigenvalue weighted by atomic mass is 10.2. The largest absolute Gasteiger partial charge is 0.506 e. The first-order valence-electron chi connectivity index (χ1n) is 7.88. The average Bonchev–Trinajstić information content (AvgIpc) is 2.98. The molecule has 0 atom stereocenters. The van der Waals surface area contributed by atoms with Gasteiger partial charge in [0.25, 0.3) is 5.91 Å². The molecule has 3 rings (SSSR count). The van der Waals surface area contributed by atoms with Crippen LogP contribution in [-0.4, -0.2) is 16.0 Å². The van der Waals surface area contributed by atoms with Crippen molar-refractivity contribution in [3.05, 3.63) is 68.6 Å². The highest BCUT2D eigenvalue weighted by molar-refractivity contribution is 7.13. The second kappa shape index (κ2) is 7.76. The molecule has 0 aliphatic heterocycles. The Hall–Kier alpha value is -2.57. The van der Waals surface area contributed by atoms with E-state index in [2.05, 4.69) is 10.3 Å². The van der Waals surface area contributed by atoms with Crippen LogP contribution in [0.4, 0.5) is 5.69 Å². The number of anilines is 1. The number of aryl methyl sites for hydroxylation is 2. The summed E-state index contributed by atoms with van der Waals surface area (Å²) in [7, 11) is 0. The quantitative estimate of drug-likeness (QED) is 0.606. The lowest BCUT2D eigenvalue weighted by Gasteiger charge is -2.07. The van der Waals surface area contributed by atoms with Crippen molar-refractivity contribution in [1.82, 2.24) is 4.98 Å². The summed E-state index contributed by atoms with van der Waals surface area (Å²) < 4.78 is 5.66. The van der Waals surface area contributed by atoms with E-state index in [4.69, 9.17) is 16.3 Å². The number of amides is 1. The lowest BCUT2D eigenvalue weighted by Crippen LogP contribution is -2.11. The molecule has 2 aromatic carbocycles. The molecular weight excluding hydrogens is 372 g/mol. The van der Waals surface area contributed by atoms with E-state index >= 15 is 0 Å². The smallest absolute Gasteiger partial charge is 0.267 e. The Kier molecular flexibility index (Phi) is 5.44.